The Morgan fingerprint density at radius 3 is 2.72 bits per heavy atom. The molecule has 3 aromatic rings. The second-order valence-electron chi connectivity index (χ2n) is 7.34. The van der Waals surface area contributed by atoms with Crippen molar-refractivity contribution in [1.82, 2.24) is 14.9 Å². The second kappa shape index (κ2) is 7.69. The van der Waals surface area contributed by atoms with E-state index < -0.39 is 17.7 Å². The van der Waals surface area contributed by atoms with E-state index in [-0.39, 0.29) is 24.5 Å². The maximum Gasteiger partial charge on any atom is 0.243 e. The lowest BCUT2D eigenvalue weighted by Gasteiger charge is -2.28. The number of imidazole rings is 1. The Labute approximate surface area is 166 Å². The van der Waals surface area contributed by atoms with Gasteiger partial charge in [0.15, 0.2) is 23.1 Å². The summed E-state index contributed by atoms with van der Waals surface area (Å²) in [5, 5.41) is 2.88. The molecular weight excluding hydrogens is 380 g/mol. The maximum absolute atomic E-state index is 13.7. The van der Waals surface area contributed by atoms with E-state index in [1.165, 1.54) is 6.33 Å². The fourth-order valence-electron chi connectivity index (χ4n) is 3.48. The molecule has 0 saturated carbocycles. The first-order chi connectivity index (χ1) is 13.9. The third-order valence-electron chi connectivity index (χ3n) is 4.89. The summed E-state index contributed by atoms with van der Waals surface area (Å²) >= 11 is 0. The Hall–Kier alpha value is -3.16. The first-order valence-corrected chi connectivity index (χ1v) is 9.42. The summed E-state index contributed by atoms with van der Waals surface area (Å²) in [6.07, 6.45) is 1.11. The molecule has 0 fully saturated rings. The molecule has 1 amide bonds. The standard InChI is InChI=1S/C21H21F2N3O3/c1-12(2)20(26-11-25-16-7-14(22)15(23)8-17(16)26)21(27)24-9-13-10-28-18-5-3-4-6-19(18)29-13/h3-8,11-13,20H,9-10H2,1-2H3,(H,24,27)/t13-,20+/m0/s1. The number of carbonyl (C=O) groups excluding carboxylic acids is 1. The summed E-state index contributed by atoms with van der Waals surface area (Å²) < 4.78 is 40.3. The quantitative estimate of drug-likeness (QED) is 0.711. The third-order valence-corrected chi connectivity index (χ3v) is 4.89. The molecule has 2 aromatic carbocycles. The van der Waals surface area contributed by atoms with E-state index in [2.05, 4.69) is 10.3 Å². The van der Waals surface area contributed by atoms with Gasteiger partial charge < -0.3 is 19.4 Å². The number of ether oxygens (including phenoxy) is 2. The second-order valence-corrected chi connectivity index (χ2v) is 7.34. The first-order valence-electron chi connectivity index (χ1n) is 9.42. The average molecular weight is 401 g/mol. The van der Waals surface area contributed by atoms with Crippen LogP contribution in [0.15, 0.2) is 42.7 Å². The number of para-hydroxylation sites is 2. The van der Waals surface area contributed by atoms with Crippen LogP contribution in [0.5, 0.6) is 11.5 Å². The van der Waals surface area contributed by atoms with Crippen molar-refractivity contribution in [2.75, 3.05) is 13.2 Å². The number of fused-ring (bicyclic) bond motifs is 2. The van der Waals surface area contributed by atoms with Gasteiger partial charge in [-0.2, -0.15) is 0 Å². The molecule has 8 heteroatoms. The molecule has 0 bridgehead atoms. The summed E-state index contributed by atoms with van der Waals surface area (Å²) in [5.41, 5.74) is 0.659. The van der Waals surface area contributed by atoms with Crippen LogP contribution in [0.25, 0.3) is 11.0 Å². The summed E-state index contributed by atoms with van der Waals surface area (Å²) in [6, 6.07) is 8.81. The highest BCUT2D eigenvalue weighted by Crippen LogP contribution is 2.31. The molecule has 0 saturated heterocycles. The molecule has 0 unspecified atom stereocenters. The Kier molecular flexibility index (Phi) is 5.08. The van der Waals surface area contributed by atoms with E-state index in [1.807, 2.05) is 38.1 Å². The lowest BCUT2D eigenvalue weighted by molar-refractivity contribution is -0.126. The van der Waals surface area contributed by atoms with Gasteiger partial charge in [-0.25, -0.2) is 13.8 Å². The van der Waals surface area contributed by atoms with E-state index in [9.17, 15) is 13.6 Å². The van der Waals surface area contributed by atoms with Gasteiger partial charge in [0.2, 0.25) is 5.91 Å². The summed E-state index contributed by atoms with van der Waals surface area (Å²) in [6.45, 7) is 4.34. The number of nitrogens with one attached hydrogen (secondary N) is 1. The molecule has 1 aromatic heterocycles. The van der Waals surface area contributed by atoms with E-state index >= 15 is 0 Å². The van der Waals surface area contributed by atoms with Crippen molar-refractivity contribution in [2.24, 2.45) is 5.92 Å². The van der Waals surface area contributed by atoms with Gasteiger partial charge in [0, 0.05) is 12.1 Å². The number of benzene rings is 2. The maximum atomic E-state index is 13.7. The van der Waals surface area contributed by atoms with Crippen molar-refractivity contribution in [1.29, 1.82) is 0 Å². The van der Waals surface area contributed by atoms with Gasteiger partial charge in [0.25, 0.3) is 0 Å². The molecule has 0 spiro atoms. The van der Waals surface area contributed by atoms with Crippen molar-refractivity contribution in [3.8, 4) is 11.5 Å². The third kappa shape index (κ3) is 3.74. The number of rotatable bonds is 5. The van der Waals surface area contributed by atoms with Crippen LogP contribution in [0.1, 0.15) is 19.9 Å². The van der Waals surface area contributed by atoms with Gasteiger partial charge >= 0.3 is 0 Å². The van der Waals surface area contributed by atoms with Crippen LogP contribution in [-0.2, 0) is 4.79 Å². The number of nitrogens with zero attached hydrogens (tertiary/aromatic N) is 2. The molecule has 1 aliphatic rings. The minimum Gasteiger partial charge on any atom is -0.486 e. The zero-order valence-corrected chi connectivity index (χ0v) is 16.1. The summed E-state index contributed by atoms with van der Waals surface area (Å²) in [7, 11) is 0. The van der Waals surface area contributed by atoms with Crippen molar-refractivity contribution >= 4 is 16.9 Å². The van der Waals surface area contributed by atoms with Gasteiger partial charge in [-0.05, 0) is 18.1 Å². The molecule has 0 radical (unpaired) electrons. The highest BCUT2D eigenvalue weighted by molar-refractivity contribution is 5.84. The van der Waals surface area contributed by atoms with Crippen LogP contribution in [0, 0.1) is 17.6 Å². The fourth-order valence-corrected chi connectivity index (χ4v) is 3.48. The topological polar surface area (TPSA) is 65.4 Å². The molecule has 152 valence electrons. The number of halogens is 2. The molecule has 4 rings (SSSR count). The molecule has 1 aliphatic heterocycles. The van der Waals surface area contributed by atoms with Crippen molar-refractivity contribution in [3.63, 3.8) is 0 Å². The molecule has 0 aliphatic carbocycles. The van der Waals surface area contributed by atoms with Crippen molar-refractivity contribution in [2.45, 2.75) is 26.0 Å². The van der Waals surface area contributed by atoms with E-state index in [0.29, 0.717) is 29.1 Å². The number of carbonyl (C=O) groups is 1. The first kappa shape index (κ1) is 19.2. The van der Waals surface area contributed by atoms with Gasteiger partial charge in [-0.15, -0.1) is 0 Å². The predicted molar refractivity (Wildman–Crippen MR) is 103 cm³/mol. The normalized spacial score (nSPS) is 16.8. The number of amides is 1. The van der Waals surface area contributed by atoms with Gasteiger partial charge in [0.05, 0.1) is 23.9 Å². The lowest BCUT2D eigenvalue weighted by atomic mass is 10.0. The number of hydrogen-bond acceptors (Lipinski definition) is 4. The van der Waals surface area contributed by atoms with E-state index in [4.69, 9.17) is 9.47 Å². The van der Waals surface area contributed by atoms with Crippen LogP contribution >= 0.6 is 0 Å². The molecular formula is C21H21F2N3O3. The molecule has 1 N–H and O–H groups in total. The molecule has 29 heavy (non-hydrogen) atoms. The largest absolute Gasteiger partial charge is 0.486 e. The van der Waals surface area contributed by atoms with Crippen LogP contribution in [-0.4, -0.2) is 34.7 Å². The predicted octanol–water partition coefficient (Wildman–Crippen LogP) is 3.47. The van der Waals surface area contributed by atoms with Crippen LogP contribution in [0.3, 0.4) is 0 Å². The van der Waals surface area contributed by atoms with E-state index in [0.717, 1.165) is 12.1 Å². The van der Waals surface area contributed by atoms with Gasteiger partial charge in [-0.1, -0.05) is 26.0 Å². The SMILES string of the molecule is CC(C)[C@H](C(=O)NC[C@H]1COc2ccccc2O1)n1cnc2cc(F)c(F)cc21. The minimum atomic E-state index is -0.978. The lowest BCUT2D eigenvalue weighted by Crippen LogP contribution is -2.44. The molecule has 2 heterocycles. The van der Waals surface area contributed by atoms with Crippen LogP contribution in [0.4, 0.5) is 8.78 Å². The average Bonchev–Trinajstić information content (AvgIpc) is 3.08. The van der Waals surface area contributed by atoms with E-state index in [1.54, 1.807) is 4.57 Å². The number of aromatic nitrogens is 2. The highest BCUT2D eigenvalue weighted by Gasteiger charge is 2.28. The van der Waals surface area contributed by atoms with Crippen molar-refractivity contribution in [3.05, 3.63) is 54.4 Å². The van der Waals surface area contributed by atoms with Gasteiger partial charge in [-0.3, -0.25) is 4.79 Å². The van der Waals surface area contributed by atoms with Crippen LogP contribution < -0.4 is 14.8 Å². The zero-order valence-electron chi connectivity index (χ0n) is 16.1. The van der Waals surface area contributed by atoms with Crippen molar-refractivity contribution < 1.29 is 23.0 Å². The fraction of sp³-hybridized carbons (Fsp3) is 0.333. The smallest absolute Gasteiger partial charge is 0.243 e. The molecule has 6 nitrogen and oxygen atoms in total. The highest BCUT2D eigenvalue weighted by atomic mass is 19.2. The Morgan fingerprint density at radius 1 is 1.24 bits per heavy atom. The number of hydrogen-bond donors (Lipinski definition) is 1. The Bertz CT molecular complexity index is 1050. The minimum absolute atomic E-state index is 0.107. The van der Waals surface area contributed by atoms with Crippen LogP contribution in [0.2, 0.25) is 0 Å². The Balaban J connectivity index is 1.50. The molecule has 2 atom stereocenters. The Morgan fingerprint density at radius 2 is 1.97 bits per heavy atom. The zero-order chi connectivity index (χ0) is 20.5. The van der Waals surface area contributed by atoms with Gasteiger partial charge in [0.1, 0.15) is 18.8 Å². The summed E-state index contributed by atoms with van der Waals surface area (Å²) in [4.78, 5) is 17.1. The summed E-state index contributed by atoms with van der Waals surface area (Å²) in [5.74, 6) is -1.00. The monoisotopic (exact) mass is 401 g/mol.